The number of hydrogen-bond acceptors (Lipinski definition) is 12. The molecule has 16 heteroatoms. The van der Waals surface area contributed by atoms with Crippen LogP contribution in [0, 0.1) is 0 Å². The fourth-order valence-electron chi connectivity index (χ4n) is 7.75. The van der Waals surface area contributed by atoms with Gasteiger partial charge < -0.3 is 18.2 Å². The Bertz CT molecular complexity index is 1800. The van der Waals surface area contributed by atoms with Crippen molar-refractivity contribution in [2.24, 2.45) is 0 Å². The quantitative estimate of drug-likeness (QED) is 0.0492. The third-order valence-corrected chi connectivity index (χ3v) is 16.4. The van der Waals surface area contributed by atoms with E-state index in [9.17, 15) is 51.9 Å². The molecule has 2 rings (SSSR count). The Balaban J connectivity index is 0. The highest BCUT2D eigenvalue weighted by atomic mass is 32.2. The Kier molecular flexibility index (Phi) is 38.0. The zero-order chi connectivity index (χ0) is 50.7. The van der Waals surface area contributed by atoms with Gasteiger partial charge in [0, 0.05) is 10.5 Å². The summed E-state index contributed by atoms with van der Waals surface area (Å²) in [5.41, 5.74) is 2.18. The van der Waals surface area contributed by atoms with Crippen molar-refractivity contribution in [2.75, 3.05) is 0 Å². The van der Waals surface area contributed by atoms with E-state index in [1.54, 1.807) is 24.3 Å². The van der Waals surface area contributed by atoms with Crippen LogP contribution in [0.15, 0.2) is 58.3 Å². The van der Waals surface area contributed by atoms with Gasteiger partial charge in [-0.3, -0.25) is 0 Å². The van der Waals surface area contributed by atoms with Gasteiger partial charge in [-0.1, -0.05) is 195 Å². The van der Waals surface area contributed by atoms with E-state index in [4.69, 9.17) is 0 Å². The van der Waals surface area contributed by atoms with Gasteiger partial charge in [-0.2, -0.15) is 0 Å². The van der Waals surface area contributed by atoms with Gasteiger partial charge in [-0.25, -0.2) is 33.7 Å². The maximum atomic E-state index is 11.2. The molecule has 66 heavy (non-hydrogen) atoms. The summed E-state index contributed by atoms with van der Waals surface area (Å²) in [6.45, 7) is 16.9. The maximum absolute atomic E-state index is 11.2. The number of benzene rings is 2. The maximum Gasteiger partial charge on any atom is 0.124 e. The van der Waals surface area contributed by atoms with Crippen molar-refractivity contribution in [1.82, 2.24) is 0 Å². The normalized spacial score (nSPS) is 12.1. The molecule has 0 atom stereocenters. The van der Waals surface area contributed by atoms with Crippen LogP contribution >= 0.6 is 0 Å². The van der Waals surface area contributed by atoms with Gasteiger partial charge in [0.1, 0.15) is 20.2 Å². The van der Waals surface area contributed by atoms with E-state index in [0.29, 0.717) is 37.5 Å². The highest BCUT2D eigenvalue weighted by molar-refractivity contribution is 7.86. The van der Waals surface area contributed by atoms with E-state index >= 15 is 0 Å². The molecule has 0 N–H and O–H groups in total. The first-order valence-corrected chi connectivity index (χ1v) is 30.8. The van der Waals surface area contributed by atoms with E-state index < -0.39 is 51.0 Å². The Hall–Kier alpha value is -1.92. The SMILES string of the molecule is CCC(CC)c1ccc(S(=O)(=O)[O-])cc1.CCC(CC)c1ccc(S(=O)(=O)[O-])cc1.CCCCCCC(CCCCCC)S(=O)(=O)[O-].CCCCCCCC(CCCCCCC)S(=O)(=O)[O-]. The van der Waals surface area contributed by atoms with Crippen molar-refractivity contribution in [3.63, 3.8) is 0 Å². The minimum atomic E-state index is -4.31. The van der Waals surface area contributed by atoms with Crippen LogP contribution in [0.4, 0.5) is 0 Å². The zero-order valence-corrected chi connectivity index (χ0v) is 45.1. The van der Waals surface area contributed by atoms with Crippen molar-refractivity contribution in [2.45, 2.75) is 254 Å². The minimum Gasteiger partial charge on any atom is -0.748 e. The molecular formula is C50H88O12S4-4. The zero-order valence-electron chi connectivity index (χ0n) is 41.8. The van der Waals surface area contributed by atoms with Crippen LogP contribution in [-0.2, 0) is 40.5 Å². The summed E-state index contributed by atoms with van der Waals surface area (Å²) in [6.07, 6.45) is 25.5. The summed E-state index contributed by atoms with van der Waals surface area (Å²) in [5.74, 6) is 0.877. The van der Waals surface area contributed by atoms with Gasteiger partial charge in [0.15, 0.2) is 0 Å². The molecule has 0 unspecified atom stereocenters. The van der Waals surface area contributed by atoms with E-state index in [0.717, 1.165) is 127 Å². The fraction of sp³-hybridized carbons (Fsp3) is 0.760. The first kappa shape index (κ1) is 66.2. The summed E-state index contributed by atoms with van der Waals surface area (Å²) in [6, 6.07) is 12.4. The van der Waals surface area contributed by atoms with Crippen LogP contribution in [0.1, 0.15) is 245 Å². The van der Waals surface area contributed by atoms with E-state index in [2.05, 4.69) is 55.4 Å². The molecule has 0 spiro atoms. The summed E-state index contributed by atoms with van der Waals surface area (Å²) in [4.78, 5) is -0.311. The highest BCUT2D eigenvalue weighted by Gasteiger charge is 2.16. The summed E-state index contributed by atoms with van der Waals surface area (Å²) in [7, 11) is -16.8. The molecule has 2 aromatic rings. The van der Waals surface area contributed by atoms with Gasteiger partial charge in [-0.05, 0) is 98.6 Å². The Morgan fingerprint density at radius 1 is 0.333 bits per heavy atom. The van der Waals surface area contributed by atoms with Crippen LogP contribution in [0.25, 0.3) is 0 Å². The molecule has 388 valence electrons. The van der Waals surface area contributed by atoms with E-state index in [1.807, 2.05) is 0 Å². The van der Waals surface area contributed by atoms with Crippen LogP contribution in [0.5, 0.6) is 0 Å². The average molecular weight is 1010 g/mol. The minimum absolute atomic E-state index is 0.155. The first-order chi connectivity index (χ1) is 31.0. The van der Waals surface area contributed by atoms with E-state index in [1.165, 1.54) is 49.9 Å². The van der Waals surface area contributed by atoms with Crippen molar-refractivity contribution in [3.8, 4) is 0 Å². The van der Waals surface area contributed by atoms with Crippen molar-refractivity contribution < 1.29 is 51.9 Å². The largest absolute Gasteiger partial charge is 0.748 e. The third-order valence-electron chi connectivity index (χ3n) is 12.1. The summed E-state index contributed by atoms with van der Waals surface area (Å²) < 4.78 is 131. The van der Waals surface area contributed by atoms with Crippen molar-refractivity contribution >= 4 is 40.5 Å². The molecule has 0 aliphatic heterocycles. The second-order valence-electron chi connectivity index (χ2n) is 17.4. The van der Waals surface area contributed by atoms with Crippen LogP contribution in [0.2, 0.25) is 0 Å². The third kappa shape index (κ3) is 32.8. The predicted molar refractivity (Wildman–Crippen MR) is 267 cm³/mol. The van der Waals surface area contributed by atoms with Crippen LogP contribution in [-0.4, -0.2) is 62.4 Å². The lowest BCUT2D eigenvalue weighted by atomic mass is 9.94. The van der Waals surface area contributed by atoms with Gasteiger partial charge >= 0.3 is 0 Å². The molecule has 0 bridgehead atoms. The molecule has 0 saturated heterocycles. The lowest BCUT2D eigenvalue weighted by Crippen LogP contribution is -2.20. The fourth-order valence-corrected chi connectivity index (χ4v) is 10.5. The Morgan fingerprint density at radius 3 is 0.727 bits per heavy atom. The molecule has 0 saturated carbocycles. The van der Waals surface area contributed by atoms with Crippen molar-refractivity contribution in [1.29, 1.82) is 0 Å². The first-order valence-electron chi connectivity index (χ1n) is 25.0. The number of hydrogen-bond donors (Lipinski definition) is 0. The van der Waals surface area contributed by atoms with Gasteiger partial charge in [0.2, 0.25) is 0 Å². The van der Waals surface area contributed by atoms with Gasteiger partial charge in [-0.15, -0.1) is 0 Å². The topological polar surface area (TPSA) is 229 Å². The summed E-state index contributed by atoms with van der Waals surface area (Å²) in [5, 5.41) is -1.29. The second-order valence-corrected chi connectivity index (χ2v) is 23.5. The molecule has 0 aliphatic rings. The molecule has 0 heterocycles. The Morgan fingerprint density at radius 2 is 0.545 bits per heavy atom. The molecular weight excluding hydrogens is 921 g/mol. The standard InChI is InChI=1S/C15H32O3S.C13H28O3S.2C11H16O3S/c1-3-5-7-9-11-13-15(19(16,17)18)14-12-10-8-6-4-2;1-3-5-7-9-11-13(17(14,15)16)12-10-8-6-4-2;2*1-3-9(4-2)10-5-7-11(8-6-10)15(12,13)14/h15H,3-14H2,1-2H3,(H,16,17,18);13H,3-12H2,1-2H3,(H,14,15,16);2*5-9H,3-4H2,1-2H3,(H,12,13,14)/p-4. The van der Waals surface area contributed by atoms with Gasteiger partial charge in [0.25, 0.3) is 0 Å². The average Bonchev–Trinajstić information content (AvgIpc) is 3.25. The molecule has 0 radical (unpaired) electrons. The highest BCUT2D eigenvalue weighted by Crippen LogP contribution is 2.25. The molecule has 0 fully saturated rings. The predicted octanol–water partition coefficient (Wildman–Crippen LogP) is 13.5. The van der Waals surface area contributed by atoms with E-state index in [-0.39, 0.29) is 9.79 Å². The molecule has 2 aromatic carbocycles. The monoisotopic (exact) mass is 1010 g/mol. The molecule has 12 nitrogen and oxygen atoms in total. The Labute approximate surface area is 404 Å². The molecule has 0 amide bonds. The molecule has 0 aromatic heterocycles. The van der Waals surface area contributed by atoms with Crippen LogP contribution < -0.4 is 0 Å². The van der Waals surface area contributed by atoms with Crippen LogP contribution in [0.3, 0.4) is 0 Å². The second kappa shape index (κ2) is 37.9. The lowest BCUT2D eigenvalue weighted by Gasteiger charge is -2.20. The number of rotatable bonds is 32. The lowest BCUT2D eigenvalue weighted by molar-refractivity contribution is 0.426. The summed E-state index contributed by atoms with van der Waals surface area (Å²) >= 11 is 0. The smallest absolute Gasteiger partial charge is 0.124 e. The van der Waals surface area contributed by atoms with Crippen molar-refractivity contribution in [3.05, 3.63) is 59.7 Å². The molecule has 0 aliphatic carbocycles. The number of unbranched alkanes of at least 4 members (excludes halogenated alkanes) is 14. The van der Waals surface area contributed by atoms with Gasteiger partial charge in [0.05, 0.1) is 30.0 Å².